The summed E-state index contributed by atoms with van der Waals surface area (Å²) in [5.74, 6) is 0. The molecule has 0 radical (unpaired) electrons. The van der Waals surface area contributed by atoms with Gasteiger partial charge in [0.1, 0.15) is 0 Å². The van der Waals surface area contributed by atoms with E-state index < -0.39 is 17.3 Å². The summed E-state index contributed by atoms with van der Waals surface area (Å²) in [5, 5.41) is 8.73. The molecule has 0 aliphatic carbocycles. The van der Waals surface area contributed by atoms with Crippen molar-refractivity contribution >= 4 is 11.3 Å². The van der Waals surface area contributed by atoms with Crippen LogP contribution < -0.4 is 0 Å². The number of hydrogen-bond acceptors (Lipinski definition) is 4. The number of aromatic nitrogens is 1. The van der Waals surface area contributed by atoms with Crippen molar-refractivity contribution < 1.29 is 23.0 Å². The van der Waals surface area contributed by atoms with Gasteiger partial charge in [-0.1, -0.05) is 0 Å². The van der Waals surface area contributed by atoms with E-state index >= 15 is 0 Å². The minimum atomic E-state index is -4.44. The van der Waals surface area contributed by atoms with Gasteiger partial charge >= 0.3 is 6.18 Å². The molecule has 1 heterocycles. The van der Waals surface area contributed by atoms with Crippen LogP contribution in [-0.4, -0.2) is 23.3 Å². The molecule has 0 amide bonds. The average molecular weight is 269 g/mol. The van der Waals surface area contributed by atoms with E-state index in [0.717, 1.165) is 6.20 Å². The van der Waals surface area contributed by atoms with Crippen molar-refractivity contribution in [3.8, 4) is 0 Å². The maximum atomic E-state index is 12.3. The molecule has 1 aromatic heterocycles. The molecule has 0 aliphatic heterocycles. The van der Waals surface area contributed by atoms with Gasteiger partial charge in [-0.15, -0.1) is 11.3 Å². The van der Waals surface area contributed by atoms with Crippen LogP contribution in [0.2, 0.25) is 0 Å². The lowest BCUT2D eigenvalue weighted by atomic mass is 10.2. The Labute approximate surface area is 101 Å². The zero-order valence-corrected chi connectivity index (χ0v) is 10.1. The first-order valence-corrected chi connectivity index (χ1v) is 6.05. The number of halogens is 3. The molecule has 0 bridgehead atoms. The molecule has 0 spiro atoms. The van der Waals surface area contributed by atoms with E-state index in [1.165, 1.54) is 0 Å². The number of rotatable bonds is 6. The number of thiazole rings is 1. The van der Waals surface area contributed by atoms with Gasteiger partial charge < -0.3 is 9.84 Å². The third-order valence-electron chi connectivity index (χ3n) is 2.06. The first-order valence-electron chi connectivity index (χ1n) is 5.24. The van der Waals surface area contributed by atoms with Crippen molar-refractivity contribution in [1.29, 1.82) is 0 Å². The van der Waals surface area contributed by atoms with E-state index in [9.17, 15) is 18.3 Å². The van der Waals surface area contributed by atoms with Crippen LogP contribution in [0.5, 0.6) is 0 Å². The van der Waals surface area contributed by atoms with Gasteiger partial charge in [0.05, 0.1) is 11.0 Å². The third-order valence-corrected chi connectivity index (χ3v) is 3.21. The monoisotopic (exact) mass is 269 g/mol. The van der Waals surface area contributed by atoms with Gasteiger partial charge in [-0.2, -0.15) is 13.2 Å². The Morgan fingerprint density at radius 1 is 1.53 bits per heavy atom. The molecule has 1 unspecified atom stereocenters. The summed E-state index contributed by atoms with van der Waals surface area (Å²) in [6, 6.07) is 0. The minimum absolute atomic E-state index is 0.244. The smallest absolute Gasteiger partial charge is 0.388 e. The van der Waals surface area contributed by atoms with Crippen LogP contribution in [0.15, 0.2) is 6.20 Å². The van der Waals surface area contributed by atoms with E-state index in [2.05, 4.69) is 4.98 Å². The zero-order chi connectivity index (χ0) is 12.9. The number of ether oxygens (including phenoxy) is 1. The SMILES string of the molecule is CCOCCCC(O)c1cnc(C(F)(F)F)s1. The molecule has 17 heavy (non-hydrogen) atoms. The summed E-state index contributed by atoms with van der Waals surface area (Å²) in [4.78, 5) is 3.50. The number of alkyl halides is 3. The molecular formula is C10H14F3NO2S. The van der Waals surface area contributed by atoms with E-state index in [4.69, 9.17) is 4.74 Å². The molecule has 0 saturated heterocycles. The van der Waals surface area contributed by atoms with Crippen LogP contribution in [0.3, 0.4) is 0 Å². The van der Waals surface area contributed by atoms with E-state index in [1.807, 2.05) is 6.92 Å². The minimum Gasteiger partial charge on any atom is -0.388 e. The number of aliphatic hydroxyl groups is 1. The van der Waals surface area contributed by atoms with Crippen molar-refractivity contribution in [1.82, 2.24) is 4.98 Å². The standard InChI is InChI=1S/C10H14F3NO2S/c1-2-16-5-3-4-7(15)8-6-14-9(17-8)10(11,12)13/h6-7,15H,2-5H2,1H3. The second-order valence-electron chi connectivity index (χ2n) is 3.42. The number of nitrogens with zero attached hydrogens (tertiary/aromatic N) is 1. The Hall–Kier alpha value is -0.660. The molecule has 0 aromatic carbocycles. The molecule has 3 nitrogen and oxygen atoms in total. The molecule has 7 heteroatoms. The summed E-state index contributed by atoms with van der Waals surface area (Å²) in [6.07, 6.45) is -3.27. The fourth-order valence-corrected chi connectivity index (χ4v) is 2.04. The summed E-state index contributed by atoms with van der Waals surface area (Å²) < 4.78 is 41.9. The highest BCUT2D eigenvalue weighted by molar-refractivity contribution is 7.11. The molecule has 1 aromatic rings. The Morgan fingerprint density at radius 3 is 2.76 bits per heavy atom. The zero-order valence-electron chi connectivity index (χ0n) is 9.33. The molecule has 0 fully saturated rings. The fourth-order valence-electron chi connectivity index (χ4n) is 1.24. The highest BCUT2D eigenvalue weighted by Crippen LogP contribution is 2.35. The maximum absolute atomic E-state index is 12.3. The molecule has 0 saturated carbocycles. The Bertz CT molecular complexity index is 341. The van der Waals surface area contributed by atoms with Gasteiger partial charge in [0, 0.05) is 19.4 Å². The van der Waals surface area contributed by atoms with Crippen LogP contribution in [-0.2, 0) is 10.9 Å². The van der Waals surface area contributed by atoms with Crippen molar-refractivity contribution in [2.45, 2.75) is 32.0 Å². The van der Waals surface area contributed by atoms with Crippen molar-refractivity contribution in [2.75, 3.05) is 13.2 Å². The van der Waals surface area contributed by atoms with Gasteiger partial charge in [-0.3, -0.25) is 0 Å². The second-order valence-corrected chi connectivity index (χ2v) is 4.48. The van der Waals surface area contributed by atoms with E-state index in [1.54, 1.807) is 0 Å². The third kappa shape index (κ3) is 4.61. The highest BCUT2D eigenvalue weighted by Gasteiger charge is 2.35. The van der Waals surface area contributed by atoms with E-state index in [-0.39, 0.29) is 4.88 Å². The average Bonchev–Trinajstić information content (AvgIpc) is 2.72. The van der Waals surface area contributed by atoms with Gasteiger partial charge in [0.15, 0.2) is 5.01 Å². The fraction of sp³-hybridized carbons (Fsp3) is 0.700. The van der Waals surface area contributed by atoms with Crippen LogP contribution in [0, 0.1) is 0 Å². The quantitative estimate of drug-likeness (QED) is 0.807. The summed E-state index contributed by atoms with van der Waals surface area (Å²) >= 11 is 0.485. The highest BCUT2D eigenvalue weighted by atomic mass is 32.1. The van der Waals surface area contributed by atoms with Gasteiger partial charge in [0.2, 0.25) is 0 Å². The lowest BCUT2D eigenvalue weighted by Gasteiger charge is -2.07. The van der Waals surface area contributed by atoms with Crippen molar-refractivity contribution in [3.05, 3.63) is 16.1 Å². The van der Waals surface area contributed by atoms with Gasteiger partial charge in [-0.05, 0) is 19.8 Å². The van der Waals surface area contributed by atoms with Crippen LogP contribution in [0.25, 0.3) is 0 Å². The summed E-state index contributed by atoms with van der Waals surface area (Å²) in [7, 11) is 0. The molecular weight excluding hydrogens is 255 g/mol. The molecule has 0 aliphatic rings. The molecule has 98 valence electrons. The first kappa shape index (κ1) is 14.4. The van der Waals surface area contributed by atoms with Gasteiger partial charge in [0.25, 0.3) is 0 Å². The topological polar surface area (TPSA) is 42.4 Å². The van der Waals surface area contributed by atoms with Crippen LogP contribution in [0.1, 0.15) is 35.8 Å². The predicted octanol–water partition coefficient (Wildman–Crippen LogP) is 3.01. The Balaban J connectivity index is 2.47. The number of aliphatic hydroxyl groups excluding tert-OH is 1. The number of hydrogen-bond donors (Lipinski definition) is 1. The largest absolute Gasteiger partial charge is 0.443 e. The molecule has 1 rings (SSSR count). The van der Waals surface area contributed by atoms with Crippen molar-refractivity contribution in [2.24, 2.45) is 0 Å². The predicted molar refractivity (Wildman–Crippen MR) is 57.8 cm³/mol. The Kier molecular flexibility index (Phi) is 5.35. The molecule has 1 N–H and O–H groups in total. The summed E-state index contributed by atoms with van der Waals surface area (Å²) in [6.45, 7) is 2.95. The lowest BCUT2D eigenvalue weighted by Crippen LogP contribution is -2.03. The maximum Gasteiger partial charge on any atom is 0.443 e. The lowest BCUT2D eigenvalue weighted by molar-refractivity contribution is -0.137. The first-order chi connectivity index (χ1) is 7.95. The van der Waals surface area contributed by atoms with Crippen molar-refractivity contribution in [3.63, 3.8) is 0 Å². The Morgan fingerprint density at radius 2 is 2.24 bits per heavy atom. The summed E-state index contributed by atoms with van der Waals surface area (Å²) in [5.41, 5.74) is 0. The van der Waals surface area contributed by atoms with E-state index in [0.29, 0.717) is 37.4 Å². The van der Waals surface area contributed by atoms with Gasteiger partial charge in [-0.25, -0.2) is 4.98 Å². The normalized spacial score (nSPS) is 13.9. The second kappa shape index (κ2) is 6.32. The van der Waals surface area contributed by atoms with Crippen LogP contribution >= 0.6 is 11.3 Å². The molecule has 1 atom stereocenters. The van der Waals surface area contributed by atoms with Crippen LogP contribution in [0.4, 0.5) is 13.2 Å².